The number of nitro benzene ring substituents is 1. The quantitative estimate of drug-likeness (QED) is 0.200. The van der Waals surface area contributed by atoms with Crippen molar-refractivity contribution >= 4 is 17.6 Å². The minimum atomic E-state index is -4.63. The molecule has 4 rings (SSSR count). The molecule has 0 fully saturated rings. The van der Waals surface area contributed by atoms with Crippen LogP contribution >= 0.6 is 0 Å². The van der Waals surface area contributed by atoms with E-state index in [2.05, 4.69) is 0 Å². The van der Waals surface area contributed by atoms with Gasteiger partial charge in [0.1, 0.15) is 17.6 Å². The normalized spacial score (nSPS) is 12.1. The van der Waals surface area contributed by atoms with Crippen molar-refractivity contribution in [2.45, 2.75) is 25.2 Å². The van der Waals surface area contributed by atoms with E-state index in [4.69, 9.17) is 4.42 Å². The van der Waals surface area contributed by atoms with Gasteiger partial charge in [-0.25, -0.2) is 4.79 Å². The second-order valence-corrected chi connectivity index (χ2v) is 8.59. The van der Waals surface area contributed by atoms with Gasteiger partial charge in [-0.15, -0.1) is 0 Å². The van der Waals surface area contributed by atoms with Crippen LogP contribution in [0.1, 0.15) is 27.2 Å². The van der Waals surface area contributed by atoms with Crippen LogP contribution in [0.25, 0.3) is 11.3 Å². The Bertz CT molecular complexity index is 1480. The van der Waals surface area contributed by atoms with Gasteiger partial charge in [-0.3, -0.25) is 14.9 Å². The van der Waals surface area contributed by atoms with Crippen LogP contribution in [0.3, 0.4) is 0 Å². The molecule has 0 unspecified atom stereocenters. The summed E-state index contributed by atoms with van der Waals surface area (Å²) >= 11 is 0. The van der Waals surface area contributed by atoms with Gasteiger partial charge in [0.25, 0.3) is 11.6 Å². The van der Waals surface area contributed by atoms with Crippen LogP contribution in [0.2, 0.25) is 0 Å². The third-order valence-electron chi connectivity index (χ3n) is 6.00. The van der Waals surface area contributed by atoms with E-state index in [9.17, 15) is 38.0 Å². The van der Waals surface area contributed by atoms with Gasteiger partial charge in [0.15, 0.2) is 0 Å². The number of hydrogen-bond acceptors (Lipinski definition) is 5. The van der Waals surface area contributed by atoms with Crippen molar-refractivity contribution in [2.75, 3.05) is 0 Å². The monoisotopic (exact) mass is 538 g/mol. The third kappa shape index (κ3) is 6.32. The van der Waals surface area contributed by atoms with E-state index in [1.165, 1.54) is 42.5 Å². The van der Waals surface area contributed by atoms with Crippen molar-refractivity contribution in [1.29, 1.82) is 0 Å². The Morgan fingerprint density at radius 2 is 1.56 bits per heavy atom. The fraction of sp³-hybridized carbons (Fsp3) is 0.143. The van der Waals surface area contributed by atoms with E-state index in [0.717, 1.165) is 23.1 Å². The van der Waals surface area contributed by atoms with E-state index in [0.29, 0.717) is 5.56 Å². The van der Waals surface area contributed by atoms with Gasteiger partial charge in [-0.1, -0.05) is 48.5 Å². The number of hydrogen-bond donors (Lipinski definition) is 1. The lowest BCUT2D eigenvalue weighted by atomic mass is 10.0. The van der Waals surface area contributed by atoms with Gasteiger partial charge in [0, 0.05) is 29.7 Å². The molecule has 1 amide bonds. The number of furan rings is 1. The summed E-state index contributed by atoms with van der Waals surface area (Å²) < 4.78 is 46.2. The molecule has 200 valence electrons. The van der Waals surface area contributed by atoms with Gasteiger partial charge in [0.2, 0.25) is 0 Å². The fourth-order valence-corrected chi connectivity index (χ4v) is 4.10. The maximum Gasteiger partial charge on any atom is 0.417 e. The zero-order valence-electron chi connectivity index (χ0n) is 20.2. The summed E-state index contributed by atoms with van der Waals surface area (Å²) in [6, 6.07) is 19.4. The lowest BCUT2D eigenvalue weighted by Gasteiger charge is -2.28. The lowest BCUT2D eigenvalue weighted by molar-refractivity contribution is -0.384. The maximum atomic E-state index is 13.5. The predicted octanol–water partition coefficient (Wildman–Crippen LogP) is 6.21. The molecule has 11 heteroatoms. The summed E-state index contributed by atoms with van der Waals surface area (Å²) in [5.74, 6) is -2.11. The van der Waals surface area contributed by atoms with Gasteiger partial charge < -0.3 is 14.4 Å². The summed E-state index contributed by atoms with van der Waals surface area (Å²) in [5.41, 5.74) is -0.739. The van der Waals surface area contributed by atoms with Gasteiger partial charge in [0.05, 0.1) is 17.0 Å². The third-order valence-corrected chi connectivity index (χ3v) is 6.00. The summed E-state index contributed by atoms with van der Waals surface area (Å²) in [6.07, 6.45) is -4.70. The number of alkyl halides is 3. The first-order valence-corrected chi connectivity index (χ1v) is 11.6. The number of benzene rings is 3. The standard InChI is InChI=1S/C28H21F3N2O6/c29-28(30,31)23-9-5-4-8-22(23)25-15-14-21(39-25)17-32(24(27(35)36)16-18-6-2-1-3-7-18)26(34)19-10-12-20(13-11-19)33(37)38/h1-15,24H,16-17H2,(H,35,36)/t24-/m0/s1. The van der Waals surface area contributed by atoms with E-state index in [-0.39, 0.29) is 41.3 Å². The number of amides is 1. The smallest absolute Gasteiger partial charge is 0.417 e. The average molecular weight is 538 g/mol. The zero-order valence-corrected chi connectivity index (χ0v) is 20.2. The largest absolute Gasteiger partial charge is 0.480 e. The molecule has 0 aliphatic carbocycles. The molecule has 39 heavy (non-hydrogen) atoms. The summed E-state index contributed by atoms with van der Waals surface area (Å²) in [6.45, 7) is -0.381. The number of carbonyl (C=O) groups excluding carboxylic acids is 1. The molecule has 1 N–H and O–H groups in total. The zero-order chi connectivity index (χ0) is 28.2. The molecular formula is C28H21F3N2O6. The number of carboxylic acids is 1. The summed E-state index contributed by atoms with van der Waals surface area (Å²) in [7, 11) is 0. The Balaban J connectivity index is 1.71. The Morgan fingerprint density at radius 3 is 2.18 bits per heavy atom. The molecule has 1 heterocycles. The first-order chi connectivity index (χ1) is 18.5. The van der Waals surface area contributed by atoms with Crippen LogP contribution in [-0.2, 0) is 23.9 Å². The number of aliphatic carboxylic acids is 1. The van der Waals surface area contributed by atoms with E-state index < -0.39 is 34.6 Å². The number of nitrogens with zero attached hydrogens (tertiary/aromatic N) is 2. The fourth-order valence-electron chi connectivity index (χ4n) is 4.10. The Kier molecular flexibility index (Phi) is 7.80. The van der Waals surface area contributed by atoms with Crippen molar-refractivity contribution in [3.8, 4) is 11.3 Å². The molecular weight excluding hydrogens is 517 g/mol. The highest BCUT2D eigenvalue weighted by atomic mass is 19.4. The number of nitro groups is 1. The molecule has 0 bridgehead atoms. The van der Waals surface area contributed by atoms with Crippen LogP contribution in [0.15, 0.2) is 95.4 Å². The number of carboxylic acid groups (broad SMARTS) is 1. The Labute approximate surface area is 220 Å². The first kappa shape index (κ1) is 27.1. The van der Waals surface area contributed by atoms with Crippen LogP contribution in [-0.4, -0.2) is 32.8 Å². The molecule has 0 aliphatic rings. The minimum Gasteiger partial charge on any atom is -0.480 e. The Hall–Kier alpha value is -4.93. The second-order valence-electron chi connectivity index (χ2n) is 8.59. The number of non-ortho nitro benzene ring substituents is 1. The Morgan fingerprint density at radius 1 is 0.923 bits per heavy atom. The molecule has 0 aliphatic heterocycles. The van der Waals surface area contributed by atoms with Gasteiger partial charge in [-0.2, -0.15) is 13.2 Å². The van der Waals surface area contributed by atoms with Crippen LogP contribution < -0.4 is 0 Å². The number of carbonyl (C=O) groups is 2. The molecule has 0 saturated carbocycles. The minimum absolute atomic E-state index is 0.00546. The van der Waals surface area contributed by atoms with Crippen LogP contribution in [0.5, 0.6) is 0 Å². The van der Waals surface area contributed by atoms with Crippen molar-refractivity contribution in [3.63, 3.8) is 0 Å². The SMILES string of the molecule is O=C(O)[C@H](Cc1ccccc1)N(Cc1ccc(-c2ccccc2C(F)(F)F)o1)C(=O)c1ccc([N+](=O)[O-])cc1. The maximum absolute atomic E-state index is 13.5. The van der Waals surface area contributed by atoms with Crippen molar-refractivity contribution in [3.05, 3.63) is 124 Å². The summed E-state index contributed by atoms with van der Waals surface area (Å²) in [5, 5.41) is 21.1. The number of rotatable bonds is 9. The van der Waals surface area contributed by atoms with Crippen molar-refractivity contribution in [1.82, 2.24) is 4.90 Å². The molecule has 8 nitrogen and oxygen atoms in total. The summed E-state index contributed by atoms with van der Waals surface area (Å²) in [4.78, 5) is 37.3. The highest BCUT2D eigenvalue weighted by Gasteiger charge is 2.35. The second kappa shape index (κ2) is 11.2. The first-order valence-electron chi connectivity index (χ1n) is 11.6. The van der Waals surface area contributed by atoms with Gasteiger partial charge >= 0.3 is 12.1 Å². The van der Waals surface area contributed by atoms with Crippen molar-refractivity contribution < 1.29 is 37.2 Å². The van der Waals surface area contributed by atoms with E-state index in [1.54, 1.807) is 30.3 Å². The van der Waals surface area contributed by atoms with Crippen LogP contribution in [0, 0.1) is 10.1 Å². The topological polar surface area (TPSA) is 114 Å². The molecule has 0 spiro atoms. The highest BCUT2D eigenvalue weighted by Crippen LogP contribution is 2.37. The van der Waals surface area contributed by atoms with E-state index >= 15 is 0 Å². The van der Waals surface area contributed by atoms with Gasteiger partial charge in [-0.05, 0) is 35.9 Å². The molecule has 1 aromatic heterocycles. The molecule has 3 aromatic carbocycles. The average Bonchev–Trinajstić information content (AvgIpc) is 3.39. The number of halogens is 3. The predicted molar refractivity (Wildman–Crippen MR) is 134 cm³/mol. The van der Waals surface area contributed by atoms with E-state index in [1.807, 2.05) is 0 Å². The lowest BCUT2D eigenvalue weighted by Crippen LogP contribution is -2.46. The highest BCUT2D eigenvalue weighted by molar-refractivity contribution is 5.96. The molecule has 1 atom stereocenters. The molecule has 0 radical (unpaired) electrons. The van der Waals surface area contributed by atoms with Crippen molar-refractivity contribution in [2.24, 2.45) is 0 Å². The molecule has 4 aromatic rings. The molecule has 0 saturated heterocycles. The van der Waals surface area contributed by atoms with Crippen LogP contribution in [0.4, 0.5) is 18.9 Å².